The molecule has 9 nitrogen and oxygen atoms in total. The summed E-state index contributed by atoms with van der Waals surface area (Å²) in [5.74, 6) is 0.953. The topological polar surface area (TPSA) is 99.8 Å². The standard InChI is InChI=1S/C21H18ClN5O4/c1-30-16-7-5-14(6-8-16)12-24-18(28)13-27-21(29)26-10-9-23-20(19(26)25-27)31-17-4-2-3-15(22)11-17/h2-11H,12-13H2,1H3,(H,24,28). The molecule has 0 unspecified atom stereocenters. The highest BCUT2D eigenvalue weighted by Crippen LogP contribution is 2.24. The summed E-state index contributed by atoms with van der Waals surface area (Å²) in [6.07, 6.45) is 2.88. The molecule has 4 rings (SSSR count). The number of benzene rings is 2. The Hall–Kier alpha value is -3.85. The SMILES string of the molecule is COc1ccc(CNC(=O)Cn2nc3c(Oc4cccc(Cl)c4)nccn3c2=O)cc1. The summed E-state index contributed by atoms with van der Waals surface area (Å²) in [5.41, 5.74) is 0.612. The molecule has 0 aliphatic carbocycles. The van der Waals surface area contributed by atoms with Crippen LogP contribution >= 0.6 is 11.6 Å². The van der Waals surface area contributed by atoms with Gasteiger partial charge in [0.15, 0.2) is 0 Å². The van der Waals surface area contributed by atoms with E-state index in [1.807, 2.05) is 24.3 Å². The van der Waals surface area contributed by atoms with Gasteiger partial charge in [0.1, 0.15) is 18.0 Å². The van der Waals surface area contributed by atoms with Crippen LogP contribution in [0.2, 0.25) is 5.02 Å². The van der Waals surface area contributed by atoms with Crippen molar-refractivity contribution in [1.82, 2.24) is 24.5 Å². The molecule has 0 radical (unpaired) electrons. The summed E-state index contributed by atoms with van der Waals surface area (Å²) in [4.78, 5) is 29.1. The number of halogens is 1. The molecule has 2 heterocycles. The quantitative estimate of drug-likeness (QED) is 0.475. The molecular formula is C21H18ClN5O4. The molecular weight excluding hydrogens is 422 g/mol. The van der Waals surface area contributed by atoms with E-state index in [0.29, 0.717) is 17.3 Å². The number of hydrogen-bond donors (Lipinski definition) is 1. The predicted octanol–water partition coefficient (Wildman–Crippen LogP) is 2.66. The second-order valence-corrected chi connectivity index (χ2v) is 6.99. The summed E-state index contributed by atoms with van der Waals surface area (Å²) in [5, 5.41) is 7.49. The van der Waals surface area contributed by atoms with Crippen molar-refractivity contribution in [3.8, 4) is 17.4 Å². The molecule has 0 saturated heterocycles. The minimum Gasteiger partial charge on any atom is -0.497 e. The first-order valence-corrected chi connectivity index (χ1v) is 9.68. The Labute approximate surface area is 181 Å². The number of nitrogens with zero attached hydrogens (tertiary/aromatic N) is 4. The van der Waals surface area contributed by atoms with E-state index in [9.17, 15) is 9.59 Å². The first-order chi connectivity index (χ1) is 15.0. The van der Waals surface area contributed by atoms with Crippen molar-refractivity contribution in [3.05, 3.63) is 82.0 Å². The first kappa shape index (κ1) is 20.4. The van der Waals surface area contributed by atoms with Gasteiger partial charge in [-0.15, -0.1) is 5.10 Å². The average molecular weight is 440 g/mol. The number of carbonyl (C=O) groups is 1. The summed E-state index contributed by atoms with van der Waals surface area (Å²) in [6.45, 7) is 0.0723. The number of hydrogen-bond acceptors (Lipinski definition) is 6. The molecule has 4 aromatic rings. The van der Waals surface area contributed by atoms with Gasteiger partial charge in [0, 0.05) is 24.0 Å². The van der Waals surface area contributed by atoms with Crippen molar-refractivity contribution in [1.29, 1.82) is 0 Å². The number of ether oxygens (including phenoxy) is 2. The van der Waals surface area contributed by atoms with Crippen LogP contribution in [0.25, 0.3) is 5.65 Å². The van der Waals surface area contributed by atoms with Gasteiger partial charge in [-0.05, 0) is 35.9 Å². The lowest BCUT2D eigenvalue weighted by atomic mass is 10.2. The van der Waals surface area contributed by atoms with Gasteiger partial charge in [-0.1, -0.05) is 29.8 Å². The molecule has 2 aromatic heterocycles. The monoisotopic (exact) mass is 439 g/mol. The molecule has 31 heavy (non-hydrogen) atoms. The number of aromatic nitrogens is 4. The third-order valence-electron chi connectivity index (χ3n) is 4.42. The van der Waals surface area contributed by atoms with E-state index in [-0.39, 0.29) is 24.0 Å². The molecule has 0 saturated carbocycles. The fourth-order valence-electron chi connectivity index (χ4n) is 2.88. The number of methoxy groups -OCH3 is 1. The van der Waals surface area contributed by atoms with Gasteiger partial charge in [-0.25, -0.2) is 18.9 Å². The third kappa shape index (κ3) is 4.67. The minimum atomic E-state index is -0.479. The molecule has 0 aliphatic rings. The van der Waals surface area contributed by atoms with E-state index < -0.39 is 5.69 Å². The molecule has 0 fully saturated rings. The number of carbonyl (C=O) groups excluding carboxylic acids is 1. The van der Waals surface area contributed by atoms with Crippen molar-refractivity contribution < 1.29 is 14.3 Å². The predicted molar refractivity (Wildman–Crippen MR) is 114 cm³/mol. The maximum Gasteiger partial charge on any atom is 0.351 e. The van der Waals surface area contributed by atoms with Gasteiger partial charge in [0.2, 0.25) is 11.6 Å². The molecule has 10 heteroatoms. The molecule has 0 spiro atoms. The van der Waals surface area contributed by atoms with Crippen LogP contribution in [0, 0.1) is 0 Å². The zero-order chi connectivity index (χ0) is 21.8. The van der Waals surface area contributed by atoms with Crippen LogP contribution in [-0.2, 0) is 17.9 Å². The van der Waals surface area contributed by atoms with Gasteiger partial charge in [-0.2, -0.15) is 0 Å². The molecule has 158 valence electrons. The van der Waals surface area contributed by atoms with Crippen LogP contribution in [0.15, 0.2) is 65.7 Å². The van der Waals surface area contributed by atoms with E-state index in [1.54, 1.807) is 31.4 Å². The van der Waals surface area contributed by atoms with E-state index in [4.69, 9.17) is 21.1 Å². The lowest BCUT2D eigenvalue weighted by Gasteiger charge is -2.06. The normalized spacial score (nSPS) is 10.8. The molecule has 0 atom stereocenters. The van der Waals surface area contributed by atoms with Crippen LogP contribution in [0.3, 0.4) is 0 Å². The third-order valence-corrected chi connectivity index (χ3v) is 4.66. The fraction of sp³-hybridized carbons (Fsp3) is 0.143. The summed E-state index contributed by atoms with van der Waals surface area (Å²) in [7, 11) is 1.59. The second kappa shape index (κ2) is 8.88. The zero-order valence-electron chi connectivity index (χ0n) is 16.5. The number of amides is 1. The minimum absolute atomic E-state index is 0.124. The number of rotatable bonds is 7. The van der Waals surface area contributed by atoms with Crippen LogP contribution < -0.4 is 20.5 Å². The average Bonchev–Trinajstić information content (AvgIpc) is 3.09. The van der Waals surface area contributed by atoms with E-state index >= 15 is 0 Å². The van der Waals surface area contributed by atoms with Gasteiger partial charge in [0.25, 0.3) is 5.88 Å². The van der Waals surface area contributed by atoms with E-state index in [2.05, 4.69) is 15.4 Å². The number of fused-ring (bicyclic) bond motifs is 1. The number of nitrogens with one attached hydrogen (secondary N) is 1. The Kier molecular flexibility index (Phi) is 5.85. The Morgan fingerprint density at radius 2 is 1.97 bits per heavy atom. The van der Waals surface area contributed by atoms with Crippen molar-refractivity contribution in [2.45, 2.75) is 13.1 Å². The Bertz CT molecular complexity index is 1280. The van der Waals surface area contributed by atoms with E-state index in [0.717, 1.165) is 16.0 Å². The van der Waals surface area contributed by atoms with Crippen LogP contribution in [0.1, 0.15) is 5.56 Å². The van der Waals surface area contributed by atoms with Gasteiger partial charge in [-0.3, -0.25) is 4.79 Å². The van der Waals surface area contributed by atoms with Crippen LogP contribution in [0.4, 0.5) is 0 Å². The second-order valence-electron chi connectivity index (χ2n) is 6.55. The van der Waals surface area contributed by atoms with Crippen LogP contribution in [0.5, 0.6) is 17.4 Å². The van der Waals surface area contributed by atoms with Crippen molar-refractivity contribution >= 4 is 23.2 Å². The van der Waals surface area contributed by atoms with Gasteiger partial charge >= 0.3 is 5.69 Å². The van der Waals surface area contributed by atoms with Crippen molar-refractivity contribution in [3.63, 3.8) is 0 Å². The highest BCUT2D eigenvalue weighted by Gasteiger charge is 2.15. The fourth-order valence-corrected chi connectivity index (χ4v) is 3.06. The molecule has 0 bridgehead atoms. The highest BCUT2D eigenvalue weighted by molar-refractivity contribution is 6.30. The summed E-state index contributed by atoms with van der Waals surface area (Å²) < 4.78 is 13.2. The zero-order valence-corrected chi connectivity index (χ0v) is 17.2. The first-order valence-electron chi connectivity index (χ1n) is 9.31. The molecule has 1 amide bonds. The molecule has 2 aromatic carbocycles. The Morgan fingerprint density at radius 3 is 2.71 bits per heavy atom. The largest absolute Gasteiger partial charge is 0.497 e. The maximum atomic E-state index is 12.6. The lowest BCUT2D eigenvalue weighted by Crippen LogP contribution is -2.32. The molecule has 1 N–H and O–H groups in total. The smallest absolute Gasteiger partial charge is 0.351 e. The van der Waals surface area contributed by atoms with Crippen molar-refractivity contribution in [2.75, 3.05) is 7.11 Å². The van der Waals surface area contributed by atoms with Crippen molar-refractivity contribution in [2.24, 2.45) is 0 Å². The highest BCUT2D eigenvalue weighted by atomic mass is 35.5. The Morgan fingerprint density at radius 1 is 1.16 bits per heavy atom. The Balaban J connectivity index is 1.49. The van der Waals surface area contributed by atoms with Gasteiger partial charge < -0.3 is 14.8 Å². The lowest BCUT2D eigenvalue weighted by molar-refractivity contribution is -0.122. The maximum absolute atomic E-state index is 12.6. The summed E-state index contributed by atoms with van der Waals surface area (Å²) >= 11 is 5.98. The van der Waals surface area contributed by atoms with E-state index in [1.165, 1.54) is 16.8 Å². The van der Waals surface area contributed by atoms with Crippen LogP contribution in [-0.4, -0.2) is 32.2 Å². The van der Waals surface area contributed by atoms with Gasteiger partial charge in [0.05, 0.1) is 7.11 Å². The summed E-state index contributed by atoms with van der Waals surface area (Å²) in [6, 6.07) is 14.1. The molecule has 0 aliphatic heterocycles.